The molecule has 100 valence electrons. The lowest BCUT2D eigenvalue weighted by Gasteiger charge is -2.24. The number of amides is 1. The van der Waals surface area contributed by atoms with Crippen LogP contribution in [-0.4, -0.2) is 47.7 Å². The molecule has 3 unspecified atom stereocenters. The van der Waals surface area contributed by atoms with E-state index in [1.54, 1.807) is 0 Å². The van der Waals surface area contributed by atoms with Crippen molar-refractivity contribution in [2.45, 2.75) is 52.2 Å². The first-order valence-electron chi connectivity index (χ1n) is 6.78. The highest BCUT2D eigenvalue weighted by molar-refractivity contribution is 5.81. The Labute approximate surface area is 104 Å². The van der Waals surface area contributed by atoms with E-state index in [1.807, 2.05) is 25.7 Å². The molecule has 1 amide bonds. The Bertz CT molecular complexity index is 242. The minimum Gasteiger partial charge on any atom is -0.393 e. The first-order chi connectivity index (χ1) is 8.08. The van der Waals surface area contributed by atoms with E-state index in [4.69, 9.17) is 0 Å². The van der Waals surface area contributed by atoms with E-state index < -0.39 is 0 Å². The van der Waals surface area contributed by atoms with Gasteiger partial charge in [0.25, 0.3) is 0 Å². The topological polar surface area (TPSA) is 52.6 Å². The summed E-state index contributed by atoms with van der Waals surface area (Å²) in [5.74, 6) is 0.700. The van der Waals surface area contributed by atoms with Crippen molar-refractivity contribution in [3.63, 3.8) is 0 Å². The fourth-order valence-corrected chi connectivity index (χ4v) is 2.47. The van der Waals surface area contributed by atoms with Gasteiger partial charge in [-0.3, -0.25) is 4.79 Å². The zero-order valence-corrected chi connectivity index (χ0v) is 11.3. The average Bonchev–Trinajstić information content (AvgIpc) is 2.73. The molecule has 0 radical (unpaired) electrons. The minimum atomic E-state index is -0.129. The van der Waals surface area contributed by atoms with Gasteiger partial charge in [0.15, 0.2) is 0 Å². The Kier molecular flexibility index (Phi) is 5.92. The molecule has 0 bridgehead atoms. The lowest BCUT2D eigenvalue weighted by Crippen LogP contribution is -2.45. The number of aliphatic hydroxyl groups is 1. The van der Waals surface area contributed by atoms with Crippen molar-refractivity contribution in [3.05, 3.63) is 0 Å². The van der Waals surface area contributed by atoms with Crippen molar-refractivity contribution >= 4 is 5.91 Å². The molecule has 4 nitrogen and oxygen atoms in total. The number of nitrogens with zero attached hydrogens (tertiary/aromatic N) is 1. The molecule has 17 heavy (non-hydrogen) atoms. The molecule has 3 atom stereocenters. The molecule has 0 aromatic rings. The monoisotopic (exact) mass is 242 g/mol. The third-order valence-corrected chi connectivity index (χ3v) is 3.67. The predicted molar refractivity (Wildman–Crippen MR) is 68.7 cm³/mol. The van der Waals surface area contributed by atoms with Crippen LogP contribution in [0.25, 0.3) is 0 Å². The van der Waals surface area contributed by atoms with Gasteiger partial charge in [0.1, 0.15) is 0 Å². The molecule has 1 aliphatic carbocycles. The summed E-state index contributed by atoms with van der Waals surface area (Å²) in [6.45, 7) is 8.30. The summed E-state index contributed by atoms with van der Waals surface area (Å²) in [5.41, 5.74) is 0. The summed E-state index contributed by atoms with van der Waals surface area (Å²) >= 11 is 0. The molecular weight excluding hydrogens is 216 g/mol. The van der Waals surface area contributed by atoms with Crippen LogP contribution in [0.2, 0.25) is 0 Å². The van der Waals surface area contributed by atoms with Crippen LogP contribution in [0.1, 0.15) is 40.0 Å². The standard InChI is InChI=1S/C13H26N2O2/c1-4-15(5-2)13(17)10(3)14-9-11-6-7-12(16)8-11/h10-12,14,16H,4-9H2,1-3H3. The second kappa shape index (κ2) is 6.97. The second-order valence-corrected chi connectivity index (χ2v) is 4.97. The third-order valence-electron chi connectivity index (χ3n) is 3.67. The first kappa shape index (κ1) is 14.5. The number of carbonyl (C=O) groups excluding carboxylic acids is 1. The highest BCUT2D eigenvalue weighted by atomic mass is 16.3. The van der Waals surface area contributed by atoms with Gasteiger partial charge in [0.05, 0.1) is 12.1 Å². The van der Waals surface area contributed by atoms with E-state index in [2.05, 4.69) is 5.32 Å². The maximum atomic E-state index is 12.0. The summed E-state index contributed by atoms with van der Waals surface area (Å²) in [6.07, 6.45) is 2.72. The van der Waals surface area contributed by atoms with Gasteiger partial charge in [-0.1, -0.05) is 0 Å². The first-order valence-corrected chi connectivity index (χ1v) is 6.78. The predicted octanol–water partition coefficient (Wildman–Crippen LogP) is 0.994. The highest BCUT2D eigenvalue weighted by Crippen LogP contribution is 2.24. The van der Waals surface area contributed by atoms with Crippen LogP contribution >= 0.6 is 0 Å². The highest BCUT2D eigenvalue weighted by Gasteiger charge is 2.24. The molecule has 0 aromatic heterocycles. The van der Waals surface area contributed by atoms with Crippen LogP contribution in [0.3, 0.4) is 0 Å². The summed E-state index contributed by atoms with van der Waals surface area (Å²) in [5, 5.41) is 12.7. The maximum absolute atomic E-state index is 12.0. The lowest BCUT2D eigenvalue weighted by molar-refractivity contribution is -0.132. The molecule has 1 saturated carbocycles. The number of hydrogen-bond donors (Lipinski definition) is 2. The molecular formula is C13H26N2O2. The smallest absolute Gasteiger partial charge is 0.239 e. The summed E-state index contributed by atoms with van der Waals surface area (Å²) in [4.78, 5) is 13.8. The molecule has 0 aliphatic heterocycles. The van der Waals surface area contributed by atoms with Gasteiger partial charge in [-0.2, -0.15) is 0 Å². The molecule has 0 heterocycles. The molecule has 0 saturated heterocycles. The fraction of sp³-hybridized carbons (Fsp3) is 0.923. The Morgan fingerprint density at radius 1 is 1.41 bits per heavy atom. The van der Waals surface area contributed by atoms with Gasteiger partial charge in [-0.15, -0.1) is 0 Å². The van der Waals surface area contributed by atoms with Crippen molar-refractivity contribution in [3.8, 4) is 0 Å². The number of aliphatic hydroxyl groups excluding tert-OH is 1. The van der Waals surface area contributed by atoms with E-state index in [0.29, 0.717) is 5.92 Å². The van der Waals surface area contributed by atoms with Gasteiger partial charge >= 0.3 is 0 Å². The Morgan fingerprint density at radius 3 is 2.53 bits per heavy atom. The summed E-state index contributed by atoms with van der Waals surface area (Å²) < 4.78 is 0. The van der Waals surface area contributed by atoms with Crippen LogP contribution in [0.15, 0.2) is 0 Å². The van der Waals surface area contributed by atoms with Gasteiger partial charge in [0, 0.05) is 13.1 Å². The van der Waals surface area contributed by atoms with Gasteiger partial charge in [0.2, 0.25) is 5.91 Å². The fourth-order valence-electron chi connectivity index (χ4n) is 2.47. The zero-order chi connectivity index (χ0) is 12.8. The number of nitrogens with one attached hydrogen (secondary N) is 1. The number of hydrogen-bond acceptors (Lipinski definition) is 3. The second-order valence-electron chi connectivity index (χ2n) is 4.97. The van der Waals surface area contributed by atoms with Crippen molar-refractivity contribution in [1.29, 1.82) is 0 Å². The van der Waals surface area contributed by atoms with Crippen molar-refractivity contribution in [1.82, 2.24) is 10.2 Å². The van der Waals surface area contributed by atoms with Gasteiger partial charge in [-0.05, 0) is 52.5 Å². The molecule has 0 aromatic carbocycles. The number of carbonyl (C=O) groups is 1. The molecule has 1 fully saturated rings. The number of rotatable bonds is 6. The van der Waals surface area contributed by atoms with Crippen LogP contribution < -0.4 is 5.32 Å². The van der Waals surface area contributed by atoms with Crippen molar-refractivity contribution in [2.24, 2.45) is 5.92 Å². The molecule has 4 heteroatoms. The van der Waals surface area contributed by atoms with Gasteiger partial charge in [-0.25, -0.2) is 0 Å². The van der Waals surface area contributed by atoms with Crippen LogP contribution in [-0.2, 0) is 4.79 Å². The Balaban J connectivity index is 2.28. The van der Waals surface area contributed by atoms with Crippen molar-refractivity contribution < 1.29 is 9.90 Å². The molecule has 1 rings (SSSR count). The van der Waals surface area contributed by atoms with Crippen LogP contribution in [0, 0.1) is 5.92 Å². The Hall–Kier alpha value is -0.610. The van der Waals surface area contributed by atoms with Crippen molar-refractivity contribution in [2.75, 3.05) is 19.6 Å². The van der Waals surface area contributed by atoms with E-state index in [-0.39, 0.29) is 18.1 Å². The average molecular weight is 242 g/mol. The number of likely N-dealkylation sites (N-methyl/N-ethyl adjacent to an activating group) is 1. The maximum Gasteiger partial charge on any atom is 0.239 e. The molecule has 0 spiro atoms. The van der Waals surface area contributed by atoms with Gasteiger partial charge < -0.3 is 15.3 Å². The van der Waals surface area contributed by atoms with E-state index in [1.165, 1.54) is 0 Å². The summed E-state index contributed by atoms with van der Waals surface area (Å²) in [6, 6.07) is -0.118. The van der Waals surface area contributed by atoms with E-state index in [9.17, 15) is 9.90 Å². The summed E-state index contributed by atoms with van der Waals surface area (Å²) in [7, 11) is 0. The zero-order valence-electron chi connectivity index (χ0n) is 11.3. The minimum absolute atomic E-state index is 0.118. The quantitative estimate of drug-likeness (QED) is 0.730. The normalized spacial score (nSPS) is 25.9. The molecule has 2 N–H and O–H groups in total. The SMILES string of the molecule is CCN(CC)C(=O)C(C)NCC1CCC(O)C1. The molecule has 1 aliphatic rings. The van der Waals surface area contributed by atoms with Crippen LogP contribution in [0.5, 0.6) is 0 Å². The third kappa shape index (κ3) is 4.28. The largest absolute Gasteiger partial charge is 0.393 e. The lowest BCUT2D eigenvalue weighted by atomic mass is 10.1. The van der Waals surface area contributed by atoms with E-state index in [0.717, 1.165) is 38.9 Å². The Morgan fingerprint density at radius 2 is 2.06 bits per heavy atom. The van der Waals surface area contributed by atoms with E-state index >= 15 is 0 Å². The van der Waals surface area contributed by atoms with Crippen LogP contribution in [0.4, 0.5) is 0 Å².